The predicted molar refractivity (Wildman–Crippen MR) is 123 cm³/mol. The van der Waals surface area contributed by atoms with Crippen molar-refractivity contribution < 1.29 is 14.3 Å². The molecule has 1 aromatic heterocycles. The van der Waals surface area contributed by atoms with E-state index in [1.54, 1.807) is 14.2 Å². The minimum atomic E-state index is -0.235. The first kappa shape index (κ1) is 22.7. The molecule has 1 aliphatic rings. The molecule has 1 amide bonds. The number of carbonyl (C=O) groups is 1. The van der Waals surface area contributed by atoms with Crippen LogP contribution in [0.4, 0.5) is 0 Å². The standard InChI is InChI=1S/C24H30N6O3/c1-32-19-8-9-20(21(16-19)33-2)22(29-13-11-18(12-14-29)23(25)31)24-26-27-28-30(24)15-10-17-6-4-3-5-7-17/h3-9,16,18,22H,10-15H2,1-2H3,(H2,25,31). The van der Waals surface area contributed by atoms with Crippen LogP contribution in [-0.4, -0.2) is 58.3 Å². The Bertz CT molecular complexity index is 1060. The largest absolute Gasteiger partial charge is 0.497 e. The normalized spacial score (nSPS) is 15.8. The van der Waals surface area contributed by atoms with Crippen molar-refractivity contribution >= 4 is 5.91 Å². The molecule has 1 atom stereocenters. The molecule has 0 bridgehead atoms. The fourth-order valence-electron chi connectivity index (χ4n) is 4.43. The van der Waals surface area contributed by atoms with Crippen molar-refractivity contribution in [3.05, 3.63) is 65.5 Å². The number of tetrazole rings is 1. The van der Waals surface area contributed by atoms with Crippen molar-refractivity contribution in [3.8, 4) is 11.5 Å². The van der Waals surface area contributed by atoms with E-state index < -0.39 is 0 Å². The number of rotatable bonds is 9. The maximum atomic E-state index is 11.7. The molecule has 33 heavy (non-hydrogen) atoms. The van der Waals surface area contributed by atoms with Gasteiger partial charge in [0.1, 0.15) is 17.5 Å². The van der Waals surface area contributed by atoms with E-state index in [0.29, 0.717) is 44.0 Å². The molecule has 3 aromatic rings. The van der Waals surface area contributed by atoms with E-state index in [1.165, 1.54) is 5.56 Å². The maximum absolute atomic E-state index is 11.7. The van der Waals surface area contributed by atoms with Crippen LogP contribution in [0.15, 0.2) is 48.5 Å². The summed E-state index contributed by atoms with van der Waals surface area (Å²) in [6.45, 7) is 2.07. The van der Waals surface area contributed by atoms with Crippen molar-refractivity contribution in [1.29, 1.82) is 0 Å². The Morgan fingerprint density at radius 2 is 1.88 bits per heavy atom. The Hall–Kier alpha value is -3.46. The van der Waals surface area contributed by atoms with E-state index in [9.17, 15) is 4.79 Å². The van der Waals surface area contributed by atoms with Crippen molar-refractivity contribution in [2.45, 2.75) is 31.8 Å². The van der Waals surface area contributed by atoms with Gasteiger partial charge in [-0.1, -0.05) is 30.3 Å². The minimum absolute atomic E-state index is 0.103. The zero-order valence-electron chi connectivity index (χ0n) is 19.1. The van der Waals surface area contributed by atoms with Crippen LogP contribution in [0.5, 0.6) is 11.5 Å². The van der Waals surface area contributed by atoms with Gasteiger partial charge in [0.15, 0.2) is 5.82 Å². The summed E-state index contributed by atoms with van der Waals surface area (Å²) in [5.74, 6) is 1.82. The number of nitrogens with two attached hydrogens (primary N) is 1. The third-order valence-corrected chi connectivity index (χ3v) is 6.29. The molecule has 0 aliphatic carbocycles. The summed E-state index contributed by atoms with van der Waals surface area (Å²) >= 11 is 0. The second kappa shape index (κ2) is 10.4. The first-order chi connectivity index (χ1) is 16.1. The van der Waals surface area contributed by atoms with Gasteiger partial charge in [-0.2, -0.15) is 0 Å². The van der Waals surface area contributed by atoms with Crippen LogP contribution in [0.25, 0.3) is 0 Å². The van der Waals surface area contributed by atoms with Gasteiger partial charge < -0.3 is 15.2 Å². The monoisotopic (exact) mass is 450 g/mol. The van der Waals surface area contributed by atoms with Crippen molar-refractivity contribution in [1.82, 2.24) is 25.1 Å². The first-order valence-corrected chi connectivity index (χ1v) is 11.2. The molecule has 2 N–H and O–H groups in total. The van der Waals surface area contributed by atoms with Gasteiger partial charge in [-0.05, 0) is 60.5 Å². The summed E-state index contributed by atoms with van der Waals surface area (Å²) in [6, 6.07) is 15.8. The molecule has 0 radical (unpaired) electrons. The molecule has 1 saturated heterocycles. The topological polar surface area (TPSA) is 108 Å². The number of aromatic nitrogens is 4. The lowest BCUT2D eigenvalue weighted by molar-refractivity contribution is -0.123. The molecule has 0 saturated carbocycles. The number of primary amides is 1. The lowest BCUT2D eigenvalue weighted by Crippen LogP contribution is -2.41. The molecule has 0 spiro atoms. The molecular weight excluding hydrogens is 420 g/mol. The number of piperidine rings is 1. The Kier molecular flexibility index (Phi) is 7.19. The molecule has 2 aromatic carbocycles. The van der Waals surface area contributed by atoms with Gasteiger partial charge in [0, 0.05) is 24.1 Å². The van der Waals surface area contributed by atoms with E-state index in [4.69, 9.17) is 15.2 Å². The van der Waals surface area contributed by atoms with Gasteiger partial charge in [-0.15, -0.1) is 5.10 Å². The second-order valence-corrected chi connectivity index (χ2v) is 8.22. The van der Waals surface area contributed by atoms with Crippen LogP contribution >= 0.6 is 0 Å². The number of aryl methyl sites for hydroxylation is 2. The highest BCUT2D eigenvalue weighted by atomic mass is 16.5. The summed E-state index contributed by atoms with van der Waals surface area (Å²) in [7, 11) is 3.28. The van der Waals surface area contributed by atoms with Crippen LogP contribution in [0.3, 0.4) is 0 Å². The number of amides is 1. The fraction of sp³-hybridized carbons (Fsp3) is 0.417. The highest BCUT2D eigenvalue weighted by molar-refractivity contribution is 5.76. The van der Waals surface area contributed by atoms with Crippen LogP contribution in [0.2, 0.25) is 0 Å². The van der Waals surface area contributed by atoms with Gasteiger partial charge in [-0.25, -0.2) is 4.68 Å². The summed E-state index contributed by atoms with van der Waals surface area (Å²) < 4.78 is 13.0. The molecule has 1 unspecified atom stereocenters. The zero-order chi connectivity index (χ0) is 23.2. The minimum Gasteiger partial charge on any atom is -0.497 e. The average Bonchev–Trinajstić information content (AvgIpc) is 3.32. The Labute approximate surface area is 193 Å². The van der Waals surface area contributed by atoms with E-state index in [2.05, 4.69) is 32.6 Å². The Morgan fingerprint density at radius 3 is 2.55 bits per heavy atom. The van der Waals surface area contributed by atoms with Gasteiger partial charge >= 0.3 is 0 Å². The quantitative estimate of drug-likeness (QED) is 0.532. The lowest BCUT2D eigenvalue weighted by atomic mass is 9.93. The number of hydrogen-bond donors (Lipinski definition) is 1. The highest BCUT2D eigenvalue weighted by Crippen LogP contribution is 2.37. The van der Waals surface area contributed by atoms with Crippen LogP contribution in [-0.2, 0) is 17.8 Å². The molecule has 1 fully saturated rings. The Morgan fingerprint density at radius 1 is 1.12 bits per heavy atom. The van der Waals surface area contributed by atoms with Crippen molar-refractivity contribution in [2.75, 3.05) is 27.3 Å². The summed E-state index contributed by atoms with van der Waals surface area (Å²) in [6.07, 6.45) is 2.22. The van der Waals surface area contributed by atoms with E-state index in [1.807, 2.05) is 41.1 Å². The fourth-order valence-corrected chi connectivity index (χ4v) is 4.43. The number of benzene rings is 2. The molecule has 4 rings (SSSR count). The molecule has 9 heteroatoms. The smallest absolute Gasteiger partial charge is 0.220 e. The third-order valence-electron chi connectivity index (χ3n) is 6.29. The maximum Gasteiger partial charge on any atom is 0.220 e. The summed E-state index contributed by atoms with van der Waals surface area (Å²) in [4.78, 5) is 14.0. The average molecular weight is 451 g/mol. The van der Waals surface area contributed by atoms with E-state index in [0.717, 1.165) is 17.8 Å². The molecule has 9 nitrogen and oxygen atoms in total. The van der Waals surface area contributed by atoms with Crippen molar-refractivity contribution in [2.24, 2.45) is 11.7 Å². The van der Waals surface area contributed by atoms with Crippen molar-refractivity contribution in [3.63, 3.8) is 0 Å². The van der Waals surface area contributed by atoms with Crippen LogP contribution < -0.4 is 15.2 Å². The number of likely N-dealkylation sites (tertiary alicyclic amines) is 1. The van der Waals surface area contributed by atoms with Crippen LogP contribution in [0, 0.1) is 5.92 Å². The van der Waals surface area contributed by atoms with Gasteiger partial charge in [-0.3, -0.25) is 9.69 Å². The summed E-state index contributed by atoms with van der Waals surface area (Å²) in [5, 5.41) is 12.7. The third kappa shape index (κ3) is 5.14. The number of carbonyl (C=O) groups excluding carboxylic acids is 1. The molecular formula is C24H30N6O3. The van der Waals surface area contributed by atoms with E-state index in [-0.39, 0.29) is 17.9 Å². The number of methoxy groups -OCH3 is 2. The summed E-state index contributed by atoms with van der Waals surface area (Å²) in [5.41, 5.74) is 7.74. The lowest BCUT2D eigenvalue weighted by Gasteiger charge is -2.36. The van der Waals surface area contributed by atoms with Gasteiger partial charge in [0.2, 0.25) is 5.91 Å². The number of nitrogens with zero attached hydrogens (tertiary/aromatic N) is 5. The zero-order valence-corrected chi connectivity index (χ0v) is 19.1. The second-order valence-electron chi connectivity index (χ2n) is 8.22. The predicted octanol–water partition coefficient (Wildman–Crippen LogP) is 2.22. The van der Waals surface area contributed by atoms with Crippen LogP contribution in [0.1, 0.15) is 35.8 Å². The number of hydrogen-bond acceptors (Lipinski definition) is 7. The van der Waals surface area contributed by atoms with Gasteiger partial charge in [0.05, 0.1) is 14.2 Å². The number of ether oxygens (including phenoxy) is 2. The van der Waals surface area contributed by atoms with Gasteiger partial charge in [0.25, 0.3) is 0 Å². The van der Waals surface area contributed by atoms with E-state index >= 15 is 0 Å². The molecule has 174 valence electrons. The Balaban J connectivity index is 1.67. The SMILES string of the molecule is COc1ccc(C(c2nnnn2CCc2ccccc2)N2CCC(C(N)=O)CC2)c(OC)c1. The molecule has 2 heterocycles. The molecule has 1 aliphatic heterocycles. The highest BCUT2D eigenvalue weighted by Gasteiger charge is 2.34. The first-order valence-electron chi connectivity index (χ1n) is 11.2.